The Morgan fingerprint density at radius 2 is 2.25 bits per heavy atom. The second-order valence-electron chi connectivity index (χ2n) is 6.93. The van der Waals surface area contributed by atoms with Crippen LogP contribution < -0.4 is 0 Å². The van der Waals surface area contributed by atoms with Gasteiger partial charge in [-0.05, 0) is 37.3 Å². The average Bonchev–Trinajstić information content (AvgIpc) is 3.07. The number of likely N-dealkylation sites (tertiary alicyclic amines) is 1. The Hall–Kier alpha value is -1.75. The zero-order valence-corrected chi connectivity index (χ0v) is 15.5. The van der Waals surface area contributed by atoms with Gasteiger partial charge in [-0.3, -0.25) is 9.78 Å². The Bertz CT molecular complexity index is 693. The van der Waals surface area contributed by atoms with E-state index < -0.39 is 0 Å². The first-order chi connectivity index (χ1) is 11.5. The van der Waals surface area contributed by atoms with Crippen molar-refractivity contribution in [2.75, 3.05) is 13.1 Å². The Morgan fingerprint density at radius 3 is 2.92 bits per heavy atom. The molecule has 3 heterocycles. The van der Waals surface area contributed by atoms with Crippen LogP contribution in [0.2, 0.25) is 0 Å². The van der Waals surface area contributed by atoms with Gasteiger partial charge in [0.2, 0.25) is 5.91 Å². The van der Waals surface area contributed by atoms with Crippen molar-refractivity contribution >= 4 is 17.2 Å². The molecule has 0 unspecified atom stereocenters. The lowest BCUT2D eigenvalue weighted by Crippen LogP contribution is -2.40. The van der Waals surface area contributed by atoms with E-state index in [4.69, 9.17) is 4.98 Å². The lowest BCUT2D eigenvalue weighted by atomic mass is 9.98. The first-order valence-corrected chi connectivity index (χ1v) is 9.55. The fourth-order valence-electron chi connectivity index (χ4n) is 3.05. The maximum Gasteiger partial charge on any atom is 0.227 e. The van der Waals surface area contributed by atoms with E-state index >= 15 is 0 Å². The van der Waals surface area contributed by atoms with Gasteiger partial charge in [0.05, 0.1) is 17.1 Å². The molecule has 0 aliphatic carbocycles. The molecule has 0 N–H and O–H groups in total. The van der Waals surface area contributed by atoms with Crippen LogP contribution in [0.3, 0.4) is 0 Å². The van der Waals surface area contributed by atoms with Crippen molar-refractivity contribution in [1.29, 1.82) is 0 Å². The van der Waals surface area contributed by atoms with E-state index in [1.165, 1.54) is 10.7 Å². The molecule has 128 valence electrons. The molecule has 1 aliphatic heterocycles. The Kier molecular flexibility index (Phi) is 5.29. The summed E-state index contributed by atoms with van der Waals surface area (Å²) in [6.45, 7) is 7.96. The van der Waals surface area contributed by atoms with E-state index in [2.05, 4.69) is 24.2 Å². The normalized spacial score (nSPS) is 18.2. The summed E-state index contributed by atoms with van der Waals surface area (Å²) in [6.07, 6.45) is 4.43. The standard InChI is InChI=1S/C19H25N3OS/c1-13(2)17-12-24-19(21-17)16-5-4-8-22(11-16)18(23)9-15-7-6-14(3)20-10-15/h6-7,10,12-13,16H,4-5,8-9,11H2,1-3H3/t16-/m0/s1. The van der Waals surface area contributed by atoms with Crippen LogP contribution in [-0.2, 0) is 11.2 Å². The van der Waals surface area contributed by atoms with Gasteiger partial charge in [0.25, 0.3) is 0 Å². The lowest BCUT2D eigenvalue weighted by molar-refractivity contribution is -0.131. The Morgan fingerprint density at radius 1 is 1.42 bits per heavy atom. The molecule has 0 saturated carbocycles. The van der Waals surface area contributed by atoms with E-state index in [0.717, 1.165) is 37.2 Å². The molecule has 1 saturated heterocycles. The molecule has 0 radical (unpaired) electrons. The third kappa shape index (κ3) is 4.01. The minimum Gasteiger partial charge on any atom is -0.342 e. The molecule has 1 aliphatic rings. The topological polar surface area (TPSA) is 46.1 Å². The summed E-state index contributed by atoms with van der Waals surface area (Å²) in [5.74, 6) is 1.05. The van der Waals surface area contributed by atoms with E-state index in [1.807, 2.05) is 30.2 Å². The Labute approximate surface area is 147 Å². The number of pyridine rings is 1. The van der Waals surface area contributed by atoms with Crippen molar-refractivity contribution in [3.63, 3.8) is 0 Å². The first-order valence-electron chi connectivity index (χ1n) is 8.67. The van der Waals surface area contributed by atoms with Crippen LogP contribution in [0.1, 0.15) is 60.5 Å². The molecule has 5 heteroatoms. The predicted molar refractivity (Wildman–Crippen MR) is 97.4 cm³/mol. The van der Waals surface area contributed by atoms with Gasteiger partial charge in [0.15, 0.2) is 0 Å². The number of thiazole rings is 1. The third-order valence-corrected chi connectivity index (χ3v) is 5.61. The highest BCUT2D eigenvalue weighted by atomic mass is 32.1. The predicted octanol–water partition coefficient (Wildman–Crippen LogP) is 3.92. The van der Waals surface area contributed by atoms with Crippen molar-refractivity contribution < 1.29 is 4.79 Å². The first kappa shape index (κ1) is 17.1. The van der Waals surface area contributed by atoms with E-state index in [9.17, 15) is 4.79 Å². The lowest BCUT2D eigenvalue weighted by Gasteiger charge is -2.32. The fraction of sp³-hybridized carbons (Fsp3) is 0.526. The van der Waals surface area contributed by atoms with Gasteiger partial charge < -0.3 is 4.90 Å². The van der Waals surface area contributed by atoms with Gasteiger partial charge >= 0.3 is 0 Å². The van der Waals surface area contributed by atoms with Gasteiger partial charge in [-0.25, -0.2) is 4.98 Å². The second kappa shape index (κ2) is 7.43. The van der Waals surface area contributed by atoms with Crippen LogP contribution in [0.25, 0.3) is 0 Å². The molecule has 1 amide bonds. The molecule has 2 aromatic heterocycles. The van der Waals surface area contributed by atoms with Crippen LogP contribution >= 0.6 is 11.3 Å². The van der Waals surface area contributed by atoms with Gasteiger partial charge in [-0.15, -0.1) is 11.3 Å². The number of hydrogen-bond donors (Lipinski definition) is 0. The molecule has 0 bridgehead atoms. The molecule has 0 aromatic carbocycles. The molecule has 1 fully saturated rings. The van der Waals surface area contributed by atoms with Crippen LogP contribution in [0.15, 0.2) is 23.7 Å². The number of hydrogen-bond acceptors (Lipinski definition) is 4. The molecular weight excluding hydrogens is 318 g/mol. The number of aryl methyl sites for hydroxylation is 1. The summed E-state index contributed by atoms with van der Waals surface area (Å²) >= 11 is 1.74. The molecule has 24 heavy (non-hydrogen) atoms. The van der Waals surface area contributed by atoms with Crippen molar-refractivity contribution in [2.45, 2.75) is 51.9 Å². The summed E-state index contributed by atoms with van der Waals surface area (Å²) in [7, 11) is 0. The highest BCUT2D eigenvalue weighted by Crippen LogP contribution is 2.31. The second-order valence-corrected chi connectivity index (χ2v) is 7.82. The number of carbonyl (C=O) groups excluding carboxylic acids is 1. The van der Waals surface area contributed by atoms with Gasteiger partial charge in [-0.2, -0.15) is 0 Å². The fourth-order valence-corrected chi connectivity index (χ4v) is 4.16. The SMILES string of the molecule is Cc1ccc(CC(=O)N2CCC[C@H](c3nc(C(C)C)cs3)C2)cn1. The molecule has 4 nitrogen and oxygen atoms in total. The zero-order chi connectivity index (χ0) is 17.1. The number of rotatable bonds is 4. The van der Waals surface area contributed by atoms with Gasteiger partial charge in [0, 0.05) is 36.3 Å². The molecule has 3 rings (SSSR count). The summed E-state index contributed by atoms with van der Waals surface area (Å²) < 4.78 is 0. The quantitative estimate of drug-likeness (QED) is 0.845. The van der Waals surface area contributed by atoms with E-state index in [0.29, 0.717) is 18.3 Å². The zero-order valence-electron chi connectivity index (χ0n) is 14.7. The summed E-state index contributed by atoms with van der Waals surface area (Å²) in [4.78, 5) is 23.7. The van der Waals surface area contributed by atoms with Gasteiger partial charge in [-0.1, -0.05) is 19.9 Å². The number of piperidine rings is 1. The van der Waals surface area contributed by atoms with Crippen LogP contribution in [0.4, 0.5) is 0 Å². The maximum absolute atomic E-state index is 12.6. The van der Waals surface area contributed by atoms with Crippen LogP contribution in [0.5, 0.6) is 0 Å². The highest BCUT2D eigenvalue weighted by Gasteiger charge is 2.26. The molecule has 0 spiro atoms. The number of nitrogens with zero attached hydrogens (tertiary/aromatic N) is 3. The molecule has 2 aromatic rings. The molecular formula is C19H25N3OS. The van der Waals surface area contributed by atoms with Crippen molar-refractivity contribution in [3.05, 3.63) is 45.7 Å². The summed E-state index contributed by atoms with van der Waals surface area (Å²) in [5, 5.41) is 3.35. The van der Waals surface area contributed by atoms with Crippen LogP contribution in [0, 0.1) is 6.92 Å². The number of amides is 1. The number of aromatic nitrogens is 2. The smallest absolute Gasteiger partial charge is 0.227 e. The van der Waals surface area contributed by atoms with Crippen molar-refractivity contribution in [3.8, 4) is 0 Å². The Balaban J connectivity index is 1.63. The van der Waals surface area contributed by atoms with E-state index in [1.54, 1.807) is 11.3 Å². The maximum atomic E-state index is 12.6. The monoisotopic (exact) mass is 343 g/mol. The summed E-state index contributed by atoms with van der Waals surface area (Å²) in [6, 6.07) is 3.96. The minimum absolute atomic E-state index is 0.200. The third-order valence-electron chi connectivity index (χ3n) is 4.58. The molecule has 1 atom stereocenters. The summed E-state index contributed by atoms with van der Waals surface area (Å²) in [5.41, 5.74) is 3.14. The highest BCUT2D eigenvalue weighted by molar-refractivity contribution is 7.09. The van der Waals surface area contributed by atoms with E-state index in [-0.39, 0.29) is 5.91 Å². The largest absolute Gasteiger partial charge is 0.342 e. The number of carbonyl (C=O) groups is 1. The van der Waals surface area contributed by atoms with Crippen molar-refractivity contribution in [2.24, 2.45) is 0 Å². The van der Waals surface area contributed by atoms with Crippen LogP contribution in [-0.4, -0.2) is 33.9 Å². The minimum atomic E-state index is 0.200. The van der Waals surface area contributed by atoms with Crippen molar-refractivity contribution in [1.82, 2.24) is 14.9 Å². The van der Waals surface area contributed by atoms with Gasteiger partial charge in [0.1, 0.15) is 0 Å². The average molecular weight is 343 g/mol.